The topological polar surface area (TPSA) is 70.6 Å². The van der Waals surface area contributed by atoms with E-state index >= 15 is 0 Å². The lowest BCUT2D eigenvalue weighted by molar-refractivity contribution is -0.114. The van der Waals surface area contributed by atoms with E-state index in [4.69, 9.17) is 27.9 Å². The van der Waals surface area contributed by atoms with E-state index in [-0.39, 0.29) is 12.5 Å². The Hall–Kier alpha value is -1.79. The zero-order valence-electron chi connectivity index (χ0n) is 15.6. The van der Waals surface area contributed by atoms with Gasteiger partial charge in [-0.1, -0.05) is 29.3 Å². The van der Waals surface area contributed by atoms with Crippen molar-refractivity contribution >= 4 is 34.8 Å². The highest BCUT2D eigenvalue weighted by molar-refractivity contribution is 6.42. The van der Waals surface area contributed by atoms with Crippen LogP contribution in [0.3, 0.4) is 0 Å². The number of ether oxygens (including phenoxy) is 1. The summed E-state index contributed by atoms with van der Waals surface area (Å²) >= 11 is 12.0. The first-order valence-corrected chi connectivity index (χ1v) is 9.32. The summed E-state index contributed by atoms with van der Waals surface area (Å²) in [5.41, 5.74) is 1.27. The van der Waals surface area contributed by atoms with Crippen LogP contribution in [0, 0.1) is 0 Å². The number of nitrogens with one attached hydrogen (secondary N) is 2. The number of carbonyl (C=O) groups is 1. The average molecular weight is 411 g/mol. The van der Waals surface area contributed by atoms with E-state index in [1.165, 1.54) is 6.92 Å². The summed E-state index contributed by atoms with van der Waals surface area (Å²) in [6, 6.07) is 12.4. The van der Waals surface area contributed by atoms with Crippen molar-refractivity contribution in [3.8, 4) is 5.75 Å². The van der Waals surface area contributed by atoms with Crippen LogP contribution in [0.1, 0.15) is 26.3 Å². The lowest BCUT2D eigenvalue weighted by atomic mass is 9.94. The largest absolute Gasteiger partial charge is 0.491 e. The fourth-order valence-electron chi connectivity index (χ4n) is 2.45. The molecule has 0 aliphatic rings. The number of benzene rings is 2. The molecule has 146 valence electrons. The molecule has 0 saturated heterocycles. The first kappa shape index (κ1) is 21.5. The molecule has 0 spiro atoms. The van der Waals surface area contributed by atoms with Gasteiger partial charge in [0.05, 0.1) is 10.0 Å². The van der Waals surface area contributed by atoms with Crippen molar-refractivity contribution in [2.75, 3.05) is 18.5 Å². The summed E-state index contributed by atoms with van der Waals surface area (Å²) in [6.45, 7) is 5.94. The zero-order valence-corrected chi connectivity index (χ0v) is 17.1. The number of amides is 1. The molecule has 0 bridgehead atoms. The highest BCUT2D eigenvalue weighted by Crippen LogP contribution is 2.28. The second kappa shape index (κ2) is 9.42. The van der Waals surface area contributed by atoms with Gasteiger partial charge in [0, 0.05) is 24.7 Å². The average Bonchev–Trinajstić information content (AvgIpc) is 2.61. The molecule has 1 atom stereocenters. The van der Waals surface area contributed by atoms with E-state index in [2.05, 4.69) is 10.6 Å². The van der Waals surface area contributed by atoms with Crippen LogP contribution >= 0.6 is 23.2 Å². The van der Waals surface area contributed by atoms with Crippen molar-refractivity contribution in [2.45, 2.75) is 32.4 Å². The molecule has 7 heteroatoms. The fourth-order valence-corrected chi connectivity index (χ4v) is 2.75. The molecule has 0 fully saturated rings. The van der Waals surface area contributed by atoms with Crippen molar-refractivity contribution in [1.82, 2.24) is 5.32 Å². The number of hydrogen-bond acceptors (Lipinski definition) is 4. The predicted molar refractivity (Wildman–Crippen MR) is 110 cm³/mol. The maximum absolute atomic E-state index is 11.0. The molecule has 0 aliphatic carbocycles. The van der Waals surface area contributed by atoms with Crippen LogP contribution < -0.4 is 15.4 Å². The van der Waals surface area contributed by atoms with Gasteiger partial charge in [-0.05, 0) is 55.8 Å². The number of aliphatic hydroxyl groups is 1. The Balaban J connectivity index is 1.83. The number of rotatable bonds is 8. The Kier molecular flexibility index (Phi) is 7.50. The normalized spacial score (nSPS) is 12.5. The molecular weight excluding hydrogens is 387 g/mol. The number of carbonyl (C=O) groups excluding carboxylic acids is 1. The lowest BCUT2D eigenvalue weighted by Crippen LogP contribution is -2.42. The first-order chi connectivity index (χ1) is 12.7. The molecule has 0 aromatic heterocycles. The zero-order chi connectivity index (χ0) is 20.0. The monoisotopic (exact) mass is 410 g/mol. The minimum absolute atomic E-state index is 0.130. The molecule has 2 rings (SSSR count). The van der Waals surface area contributed by atoms with Gasteiger partial charge in [0.2, 0.25) is 5.91 Å². The molecule has 5 nitrogen and oxygen atoms in total. The van der Waals surface area contributed by atoms with Crippen molar-refractivity contribution < 1.29 is 14.6 Å². The van der Waals surface area contributed by atoms with Gasteiger partial charge >= 0.3 is 0 Å². The summed E-state index contributed by atoms with van der Waals surface area (Å²) in [6.07, 6.45) is -0.693. The molecule has 0 aliphatic heterocycles. The van der Waals surface area contributed by atoms with Crippen molar-refractivity contribution in [2.24, 2.45) is 0 Å². The van der Waals surface area contributed by atoms with Crippen LogP contribution in [0.5, 0.6) is 5.75 Å². The molecule has 3 N–H and O–H groups in total. The third kappa shape index (κ3) is 6.70. The van der Waals surface area contributed by atoms with Gasteiger partial charge in [0.15, 0.2) is 0 Å². The summed E-state index contributed by atoms with van der Waals surface area (Å²) in [4.78, 5) is 11.0. The Morgan fingerprint density at radius 2 is 1.81 bits per heavy atom. The predicted octanol–water partition coefficient (Wildman–Crippen LogP) is 4.22. The van der Waals surface area contributed by atoms with E-state index in [1.807, 2.05) is 26.0 Å². The number of halogens is 2. The third-order valence-corrected chi connectivity index (χ3v) is 4.78. The van der Waals surface area contributed by atoms with Gasteiger partial charge in [-0.2, -0.15) is 0 Å². The number of anilines is 1. The summed E-state index contributed by atoms with van der Waals surface area (Å²) < 4.78 is 5.59. The van der Waals surface area contributed by atoms with Crippen LogP contribution in [0.4, 0.5) is 5.69 Å². The first-order valence-electron chi connectivity index (χ1n) is 8.56. The maximum atomic E-state index is 11.0. The van der Waals surface area contributed by atoms with Gasteiger partial charge in [-0.3, -0.25) is 4.79 Å². The Labute approximate surface area is 169 Å². The standard InChI is InChI=1S/C20H24Cl2N2O3/c1-13(25)24-15-5-7-17(8-6-15)27-12-16(26)11-23-20(2,3)14-4-9-18(21)19(22)10-14/h4-10,16,23,26H,11-12H2,1-3H3,(H,24,25)/t16-/m1/s1. The van der Waals surface area contributed by atoms with Crippen LogP contribution in [-0.2, 0) is 10.3 Å². The Morgan fingerprint density at radius 3 is 2.41 bits per heavy atom. The lowest BCUT2D eigenvalue weighted by Gasteiger charge is -2.28. The van der Waals surface area contributed by atoms with E-state index in [0.717, 1.165) is 5.56 Å². The van der Waals surface area contributed by atoms with Gasteiger partial charge < -0.3 is 20.5 Å². The highest BCUT2D eigenvalue weighted by atomic mass is 35.5. The summed E-state index contributed by atoms with van der Waals surface area (Å²) in [7, 11) is 0. The Morgan fingerprint density at radius 1 is 1.15 bits per heavy atom. The second-order valence-electron chi connectivity index (χ2n) is 6.81. The molecule has 0 heterocycles. The van der Waals surface area contributed by atoms with E-state index < -0.39 is 11.6 Å². The van der Waals surface area contributed by atoms with Gasteiger partial charge in [-0.15, -0.1) is 0 Å². The highest BCUT2D eigenvalue weighted by Gasteiger charge is 2.22. The molecule has 0 unspecified atom stereocenters. The molecule has 1 amide bonds. The van der Waals surface area contributed by atoms with Crippen LogP contribution in [-0.4, -0.2) is 30.3 Å². The summed E-state index contributed by atoms with van der Waals surface area (Å²) in [5.74, 6) is 0.488. The van der Waals surface area contributed by atoms with Crippen molar-refractivity contribution in [3.63, 3.8) is 0 Å². The SMILES string of the molecule is CC(=O)Nc1ccc(OC[C@H](O)CNC(C)(C)c2ccc(Cl)c(Cl)c2)cc1. The molecule has 0 radical (unpaired) electrons. The van der Waals surface area contributed by atoms with Crippen LogP contribution in [0.25, 0.3) is 0 Å². The quantitative estimate of drug-likeness (QED) is 0.609. The van der Waals surface area contributed by atoms with Gasteiger partial charge in [0.25, 0.3) is 0 Å². The molecule has 27 heavy (non-hydrogen) atoms. The van der Waals surface area contributed by atoms with Crippen LogP contribution in [0.15, 0.2) is 42.5 Å². The van der Waals surface area contributed by atoms with E-state index in [9.17, 15) is 9.90 Å². The third-order valence-electron chi connectivity index (χ3n) is 4.04. The van der Waals surface area contributed by atoms with E-state index in [1.54, 1.807) is 30.3 Å². The van der Waals surface area contributed by atoms with Gasteiger partial charge in [-0.25, -0.2) is 0 Å². The van der Waals surface area contributed by atoms with Crippen molar-refractivity contribution in [1.29, 1.82) is 0 Å². The smallest absolute Gasteiger partial charge is 0.221 e. The fraction of sp³-hybridized carbons (Fsp3) is 0.350. The minimum atomic E-state index is -0.693. The number of aliphatic hydroxyl groups excluding tert-OH is 1. The number of hydrogen-bond donors (Lipinski definition) is 3. The second-order valence-corrected chi connectivity index (χ2v) is 7.62. The molecule has 0 saturated carbocycles. The van der Waals surface area contributed by atoms with Crippen molar-refractivity contribution in [3.05, 3.63) is 58.1 Å². The maximum Gasteiger partial charge on any atom is 0.221 e. The molecule has 2 aromatic carbocycles. The minimum Gasteiger partial charge on any atom is -0.491 e. The summed E-state index contributed by atoms with van der Waals surface area (Å²) in [5, 5.41) is 17.2. The Bertz CT molecular complexity index is 779. The van der Waals surface area contributed by atoms with Gasteiger partial charge in [0.1, 0.15) is 18.5 Å². The molecule has 2 aromatic rings. The van der Waals surface area contributed by atoms with Crippen LogP contribution in [0.2, 0.25) is 10.0 Å². The molecular formula is C20H24Cl2N2O3. The van der Waals surface area contributed by atoms with E-state index in [0.29, 0.717) is 28.0 Å².